The van der Waals surface area contributed by atoms with Gasteiger partial charge in [0.2, 0.25) is 0 Å². The van der Waals surface area contributed by atoms with Crippen LogP contribution in [-0.4, -0.2) is 12.0 Å². The second kappa shape index (κ2) is 7.58. The molecule has 25 heavy (non-hydrogen) atoms. The van der Waals surface area contributed by atoms with Crippen molar-refractivity contribution in [2.24, 2.45) is 0 Å². The summed E-state index contributed by atoms with van der Waals surface area (Å²) in [4.78, 5) is 4.53. The van der Waals surface area contributed by atoms with Crippen LogP contribution in [0.25, 0.3) is 11.3 Å². The lowest BCUT2D eigenvalue weighted by Gasteiger charge is -2.14. The van der Waals surface area contributed by atoms with Gasteiger partial charge in [-0.1, -0.05) is 29.8 Å². The summed E-state index contributed by atoms with van der Waals surface area (Å²) in [5, 5.41) is 3.79. The van der Waals surface area contributed by atoms with E-state index in [1.165, 1.54) is 5.56 Å². The van der Waals surface area contributed by atoms with E-state index in [1.54, 1.807) is 0 Å². The molecule has 1 aromatic heterocycles. The molecule has 0 atom stereocenters. The first-order chi connectivity index (χ1) is 12.1. The molecule has 0 unspecified atom stereocenters. The molecule has 128 valence electrons. The van der Waals surface area contributed by atoms with Crippen LogP contribution >= 0.6 is 11.6 Å². The Morgan fingerprint density at radius 3 is 2.56 bits per heavy atom. The Morgan fingerprint density at radius 2 is 1.84 bits per heavy atom. The van der Waals surface area contributed by atoms with E-state index in [0.29, 0.717) is 17.4 Å². The van der Waals surface area contributed by atoms with Gasteiger partial charge in [-0.2, -0.15) is 0 Å². The normalized spacial score (nSPS) is 10.6. The zero-order valence-electron chi connectivity index (χ0n) is 14.6. The van der Waals surface area contributed by atoms with Gasteiger partial charge in [-0.05, 0) is 55.8 Å². The van der Waals surface area contributed by atoms with Gasteiger partial charge >= 0.3 is 0 Å². The largest absolute Gasteiger partial charge is 0.487 e. The van der Waals surface area contributed by atoms with Gasteiger partial charge in [0.1, 0.15) is 12.4 Å². The van der Waals surface area contributed by atoms with E-state index < -0.39 is 0 Å². The molecule has 4 heteroatoms. The number of aryl methyl sites for hydroxylation is 2. The third-order valence-corrected chi connectivity index (χ3v) is 4.46. The van der Waals surface area contributed by atoms with Crippen molar-refractivity contribution in [2.45, 2.75) is 20.5 Å². The Labute approximate surface area is 153 Å². The van der Waals surface area contributed by atoms with Crippen LogP contribution in [0, 0.1) is 13.8 Å². The van der Waals surface area contributed by atoms with Crippen LogP contribution in [0.4, 0.5) is 5.69 Å². The van der Waals surface area contributed by atoms with Gasteiger partial charge in [0.15, 0.2) is 0 Å². The van der Waals surface area contributed by atoms with Crippen molar-refractivity contribution in [3.63, 3.8) is 0 Å². The highest BCUT2D eigenvalue weighted by Gasteiger charge is 2.09. The fourth-order valence-corrected chi connectivity index (χ4v) is 2.99. The molecule has 0 aliphatic rings. The average molecular weight is 353 g/mol. The Morgan fingerprint density at radius 1 is 1.04 bits per heavy atom. The number of benzene rings is 2. The van der Waals surface area contributed by atoms with Gasteiger partial charge in [-0.25, -0.2) is 0 Å². The maximum absolute atomic E-state index is 6.43. The van der Waals surface area contributed by atoms with Crippen molar-refractivity contribution < 1.29 is 4.74 Å². The molecule has 0 aliphatic carbocycles. The van der Waals surface area contributed by atoms with Crippen LogP contribution in [0.2, 0.25) is 5.02 Å². The lowest BCUT2D eigenvalue weighted by atomic mass is 10.1. The van der Waals surface area contributed by atoms with Crippen LogP contribution in [0.5, 0.6) is 5.75 Å². The third kappa shape index (κ3) is 3.94. The Hall–Kier alpha value is -2.52. The standard InChI is InChI=1S/C21H21ClN2O/c1-14-6-4-9-20(23-3)17(14)13-25-21-11-10-16(12-18(21)22)19-8-5-7-15(2)24-19/h4-12,23H,13H2,1-3H3. The monoisotopic (exact) mass is 352 g/mol. The molecule has 0 radical (unpaired) electrons. The maximum atomic E-state index is 6.43. The van der Waals surface area contributed by atoms with Crippen molar-refractivity contribution in [2.75, 3.05) is 12.4 Å². The van der Waals surface area contributed by atoms with Gasteiger partial charge in [0.25, 0.3) is 0 Å². The first-order valence-corrected chi connectivity index (χ1v) is 8.59. The van der Waals surface area contributed by atoms with Gasteiger partial charge in [-0.15, -0.1) is 0 Å². The van der Waals surface area contributed by atoms with Gasteiger partial charge in [0, 0.05) is 29.6 Å². The summed E-state index contributed by atoms with van der Waals surface area (Å²) < 4.78 is 5.97. The van der Waals surface area contributed by atoms with Crippen LogP contribution < -0.4 is 10.1 Å². The van der Waals surface area contributed by atoms with E-state index in [4.69, 9.17) is 16.3 Å². The molecule has 1 N–H and O–H groups in total. The number of ether oxygens (including phenoxy) is 1. The molecule has 0 spiro atoms. The highest BCUT2D eigenvalue weighted by molar-refractivity contribution is 6.32. The van der Waals surface area contributed by atoms with Gasteiger partial charge in [-0.3, -0.25) is 4.98 Å². The van der Waals surface area contributed by atoms with Crippen molar-refractivity contribution in [3.8, 4) is 17.0 Å². The van der Waals surface area contributed by atoms with Crippen LogP contribution in [0.3, 0.4) is 0 Å². The number of pyridine rings is 1. The molecule has 0 bridgehead atoms. The molecule has 3 rings (SSSR count). The van der Waals surface area contributed by atoms with E-state index in [9.17, 15) is 0 Å². The number of hydrogen-bond donors (Lipinski definition) is 1. The number of halogens is 1. The topological polar surface area (TPSA) is 34.1 Å². The Kier molecular flexibility index (Phi) is 5.25. The smallest absolute Gasteiger partial charge is 0.138 e. The second-order valence-electron chi connectivity index (χ2n) is 5.95. The molecule has 0 amide bonds. The number of nitrogens with one attached hydrogen (secondary N) is 1. The predicted molar refractivity (Wildman–Crippen MR) is 104 cm³/mol. The minimum absolute atomic E-state index is 0.463. The minimum atomic E-state index is 0.463. The number of nitrogens with zero attached hydrogens (tertiary/aromatic N) is 1. The zero-order chi connectivity index (χ0) is 17.8. The number of aromatic nitrogens is 1. The first kappa shape index (κ1) is 17.3. The summed E-state index contributed by atoms with van der Waals surface area (Å²) in [6, 6.07) is 17.9. The van der Waals surface area contributed by atoms with Crippen molar-refractivity contribution in [1.29, 1.82) is 0 Å². The summed E-state index contributed by atoms with van der Waals surface area (Å²) >= 11 is 6.43. The predicted octanol–water partition coefficient (Wildman–Crippen LogP) is 5.64. The van der Waals surface area contributed by atoms with E-state index in [0.717, 1.165) is 28.2 Å². The molecule has 0 saturated heterocycles. The quantitative estimate of drug-likeness (QED) is 0.645. The van der Waals surface area contributed by atoms with Gasteiger partial charge < -0.3 is 10.1 Å². The van der Waals surface area contributed by atoms with Gasteiger partial charge in [0.05, 0.1) is 10.7 Å². The van der Waals surface area contributed by atoms with Crippen molar-refractivity contribution in [3.05, 3.63) is 76.4 Å². The van der Waals surface area contributed by atoms with Crippen LogP contribution in [0.1, 0.15) is 16.8 Å². The summed E-state index contributed by atoms with van der Waals surface area (Å²) in [6.07, 6.45) is 0. The third-order valence-electron chi connectivity index (χ3n) is 4.17. The second-order valence-corrected chi connectivity index (χ2v) is 6.36. The van der Waals surface area contributed by atoms with E-state index in [-0.39, 0.29) is 0 Å². The minimum Gasteiger partial charge on any atom is -0.487 e. The molecule has 3 nitrogen and oxygen atoms in total. The highest BCUT2D eigenvalue weighted by atomic mass is 35.5. The highest BCUT2D eigenvalue weighted by Crippen LogP contribution is 2.31. The summed E-state index contributed by atoms with van der Waals surface area (Å²) in [7, 11) is 1.91. The molecular formula is C21H21ClN2O. The number of rotatable bonds is 5. The number of anilines is 1. The lowest BCUT2D eigenvalue weighted by Crippen LogP contribution is -2.03. The fourth-order valence-electron chi connectivity index (χ4n) is 2.76. The Bertz CT molecular complexity index is 893. The molecule has 0 fully saturated rings. The SMILES string of the molecule is CNc1cccc(C)c1COc1ccc(-c2cccc(C)n2)cc1Cl. The molecule has 3 aromatic rings. The van der Waals surface area contributed by atoms with E-state index >= 15 is 0 Å². The van der Waals surface area contributed by atoms with Crippen molar-refractivity contribution >= 4 is 17.3 Å². The van der Waals surface area contributed by atoms with Crippen molar-refractivity contribution in [1.82, 2.24) is 4.98 Å². The maximum Gasteiger partial charge on any atom is 0.138 e. The molecule has 2 aromatic carbocycles. The summed E-state index contributed by atoms with van der Waals surface area (Å²) in [5.41, 5.74) is 6.25. The van der Waals surface area contributed by atoms with E-state index in [1.807, 2.05) is 62.5 Å². The van der Waals surface area contributed by atoms with E-state index in [2.05, 4.69) is 23.3 Å². The average Bonchev–Trinajstić information content (AvgIpc) is 2.61. The Balaban J connectivity index is 1.81. The molecule has 0 saturated carbocycles. The summed E-state index contributed by atoms with van der Waals surface area (Å²) in [6.45, 7) is 4.52. The molecule has 1 heterocycles. The first-order valence-electron chi connectivity index (χ1n) is 8.21. The van der Waals surface area contributed by atoms with Crippen LogP contribution in [0.15, 0.2) is 54.6 Å². The lowest BCUT2D eigenvalue weighted by molar-refractivity contribution is 0.306. The summed E-state index contributed by atoms with van der Waals surface area (Å²) in [5.74, 6) is 0.670. The number of hydrogen-bond acceptors (Lipinski definition) is 3. The van der Waals surface area contributed by atoms with Crippen LogP contribution in [-0.2, 0) is 6.61 Å². The molecule has 0 aliphatic heterocycles. The molecular weight excluding hydrogens is 332 g/mol. The zero-order valence-corrected chi connectivity index (χ0v) is 15.4. The fraction of sp³-hybridized carbons (Fsp3) is 0.190.